The molecule has 0 amide bonds. The van der Waals surface area contributed by atoms with Crippen molar-refractivity contribution in [3.05, 3.63) is 46.5 Å². The molecule has 4 nitrogen and oxygen atoms in total. The number of aromatic nitrogens is 3. The van der Waals surface area contributed by atoms with Crippen LogP contribution in [0.2, 0.25) is 0 Å². The zero-order chi connectivity index (χ0) is 14.9. The fraction of sp³-hybridized carbons (Fsp3) is 0.500. The van der Waals surface area contributed by atoms with Crippen molar-refractivity contribution in [1.29, 1.82) is 0 Å². The van der Waals surface area contributed by atoms with Gasteiger partial charge in [-0.15, -0.1) is 0 Å². The lowest BCUT2D eigenvalue weighted by molar-refractivity contribution is 0.492. The minimum absolute atomic E-state index is 0.0442. The van der Waals surface area contributed by atoms with Gasteiger partial charge in [0.2, 0.25) is 0 Å². The predicted octanol–water partition coefficient (Wildman–Crippen LogP) is 3.03. The molecular formula is C16H24N4. The van der Waals surface area contributed by atoms with Crippen LogP contribution in [0.25, 0.3) is 0 Å². The van der Waals surface area contributed by atoms with Gasteiger partial charge in [-0.25, -0.2) is 9.67 Å². The minimum atomic E-state index is -0.0442. The van der Waals surface area contributed by atoms with Gasteiger partial charge in [0.1, 0.15) is 12.2 Å². The SMILES string of the molecule is Cc1cc(C)c(C(N)Cc2ncnn2C(C)C)c(C)c1. The molecule has 2 rings (SSSR count). The van der Waals surface area contributed by atoms with Gasteiger partial charge in [0.25, 0.3) is 0 Å². The van der Waals surface area contributed by atoms with E-state index in [2.05, 4.69) is 56.8 Å². The van der Waals surface area contributed by atoms with Crippen LogP contribution >= 0.6 is 0 Å². The summed E-state index contributed by atoms with van der Waals surface area (Å²) in [7, 11) is 0. The van der Waals surface area contributed by atoms with Crippen molar-refractivity contribution in [3.63, 3.8) is 0 Å². The van der Waals surface area contributed by atoms with E-state index in [-0.39, 0.29) is 6.04 Å². The van der Waals surface area contributed by atoms with Crippen LogP contribution in [-0.2, 0) is 6.42 Å². The molecule has 1 aromatic heterocycles. The number of nitrogens with zero attached hydrogens (tertiary/aromatic N) is 3. The lowest BCUT2D eigenvalue weighted by Gasteiger charge is -2.19. The van der Waals surface area contributed by atoms with Crippen molar-refractivity contribution in [3.8, 4) is 0 Å². The van der Waals surface area contributed by atoms with Crippen molar-refractivity contribution >= 4 is 0 Å². The van der Waals surface area contributed by atoms with E-state index in [1.165, 1.54) is 22.3 Å². The van der Waals surface area contributed by atoms with Crippen molar-refractivity contribution in [2.45, 2.75) is 53.1 Å². The van der Waals surface area contributed by atoms with Gasteiger partial charge in [-0.2, -0.15) is 5.10 Å². The maximum absolute atomic E-state index is 6.43. The molecule has 108 valence electrons. The fourth-order valence-corrected chi connectivity index (χ4v) is 2.93. The van der Waals surface area contributed by atoms with E-state index < -0.39 is 0 Å². The summed E-state index contributed by atoms with van der Waals surface area (Å²) in [5, 5.41) is 4.27. The number of benzene rings is 1. The molecular weight excluding hydrogens is 248 g/mol. The Bertz CT molecular complexity index is 575. The first-order chi connectivity index (χ1) is 9.40. The molecule has 0 radical (unpaired) electrons. The summed E-state index contributed by atoms with van der Waals surface area (Å²) >= 11 is 0. The van der Waals surface area contributed by atoms with E-state index in [1.807, 2.05) is 4.68 Å². The zero-order valence-corrected chi connectivity index (χ0v) is 13.0. The van der Waals surface area contributed by atoms with Crippen LogP contribution in [0, 0.1) is 20.8 Å². The van der Waals surface area contributed by atoms with E-state index in [1.54, 1.807) is 6.33 Å². The summed E-state index contributed by atoms with van der Waals surface area (Å²) in [6.07, 6.45) is 2.32. The normalized spacial score (nSPS) is 12.9. The minimum Gasteiger partial charge on any atom is -0.324 e. The van der Waals surface area contributed by atoms with Gasteiger partial charge >= 0.3 is 0 Å². The van der Waals surface area contributed by atoms with Crippen molar-refractivity contribution < 1.29 is 0 Å². The third-order valence-electron chi connectivity index (χ3n) is 3.65. The molecule has 0 bridgehead atoms. The molecule has 1 unspecified atom stereocenters. The molecule has 0 fully saturated rings. The largest absolute Gasteiger partial charge is 0.324 e. The molecule has 1 aromatic carbocycles. The molecule has 1 heterocycles. The van der Waals surface area contributed by atoms with Gasteiger partial charge in [0.15, 0.2) is 0 Å². The van der Waals surface area contributed by atoms with E-state index in [9.17, 15) is 0 Å². The van der Waals surface area contributed by atoms with Crippen LogP contribution in [0.15, 0.2) is 18.5 Å². The van der Waals surface area contributed by atoms with E-state index in [0.29, 0.717) is 12.5 Å². The van der Waals surface area contributed by atoms with E-state index in [4.69, 9.17) is 5.73 Å². The second-order valence-corrected chi connectivity index (χ2v) is 5.84. The summed E-state index contributed by atoms with van der Waals surface area (Å²) in [6.45, 7) is 10.6. The Morgan fingerprint density at radius 1 is 1.15 bits per heavy atom. The van der Waals surface area contributed by atoms with Crippen molar-refractivity contribution in [2.24, 2.45) is 5.73 Å². The Hall–Kier alpha value is -1.68. The van der Waals surface area contributed by atoms with Crippen LogP contribution in [0.5, 0.6) is 0 Å². The topological polar surface area (TPSA) is 56.7 Å². The third-order valence-corrected chi connectivity index (χ3v) is 3.65. The number of nitrogens with two attached hydrogens (primary N) is 1. The van der Waals surface area contributed by atoms with Crippen LogP contribution in [-0.4, -0.2) is 14.8 Å². The highest BCUT2D eigenvalue weighted by molar-refractivity contribution is 5.39. The molecule has 2 N–H and O–H groups in total. The Balaban J connectivity index is 2.29. The molecule has 4 heteroatoms. The van der Waals surface area contributed by atoms with Gasteiger partial charge in [-0.05, 0) is 51.3 Å². The highest BCUT2D eigenvalue weighted by Gasteiger charge is 2.17. The summed E-state index contributed by atoms with van der Waals surface area (Å²) in [5.74, 6) is 0.951. The van der Waals surface area contributed by atoms with E-state index >= 15 is 0 Å². The molecule has 0 aliphatic heterocycles. The highest BCUT2D eigenvalue weighted by atomic mass is 15.3. The maximum Gasteiger partial charge on any atom is 0.138 e. The van der Waals surface area contributed by atoms with E-state index in [0.717, 1.165) is 5.82 Å². The first-order valence-electron chi connectivity index (χ1n) is 7.12. The third kappa shape index (κ3) is 2.90. The molecule has 0 spiro atoms. The molecule has 1 atom stereocenters. The highest BCUT2D eigenvalue weighted by Crippen LogP contribution is 2.24. The van der Waals surface area contributed by atoms with Crippen LogP contribution < -0.4 is 5.73 Å². The maximum atomic E-state index is 6.43. The van der Waals surface area contributed by atoms with Crippen molar-refractivity contribution in [2.75, 3.05) is 0 Å². The lowest BCUT2D eigenvalue weighted by atomic mass is 9.93. The summed E-state index contributed by atoms with van der Waals surface area (Å²) in [6, 6.07) is 4.64. The molecule has 0 aliphatic carbocycles. The van der Waals surface area contributed by atoms with Crippen LogP contribution in [0.4, 0.5) is 0 Å². The fourth-order valence-electron chi connectivity index (χ4n) is 2.93. The molecule has 0 saturated heterocycles. The predicted molar refractivity (Wildman–Crippen MR) is 81.7 cm³/mol. The first-order valence-corrected chi connectivity index (χ1v) is 7.12. The van der Waals surface area contributed by atoms with Crippen molar-refractivity contribution in [1.82, 2.24) is 14.8 Å². The number of hydrogen-bond acceptors (Lipinski definition) is 3. The Morgan fingerprint density at radius 2 is 1.75 bits per heavy atom. The monoisotopic (exact) mass is 272 g/mol. The number of rotatable bonds is 4. The first kappa shape index (κ1) is 14.7. The van der Waals surface area contributed by atoms with Gasteiger partial charge < -0.3 is 5.73 Å². The summed E-state index contributed by atoms with van der Waals surface area (Å²) in [5.41, 5.74) is 11.4. The van der Waals surface area contributed by atoms with Gasteiger partial charge in [0.05, 0.1) is 0 Å². The zero-order valence-electron chi connectivity index (χ0n) is 13.0. The lowest BCUT2D eigenvalue weighted by Crippen LogP contribution is -2.20. The average molecular weight is 272 g/mol. The smallest absolute Gasteiger partial charge is 0.138 e. The Kier molecular flexibility index (Phi) is 4.23. The summed E-state index contributed by atoms with van der Waals surface area (Å²) in [4.78, 5) is 4.35. The second-order valence-electron chi connectivity index (χ2n) is 5.84. The second kappa shape index (κ2) is 5.75. The molecule has 0 aliphatic rings. The molecule has 20 heavy (non-hydrogen) atoms. The van der Waals surface area contributed by atoms with Crippen LogP contribution in [0.3, 0.4) is 0 Å². The van der Waals surface area contributed by atoms with Crippen LogP contribution in [0.1, 0.15) is 54.0 Å². The Labute approximate surface area is 121 Å². The quantitative estimate of drug-likeness (QED) is 0.930. The van der Waals surface area contributed by atoms with Gasteiger partial charge in [0, 0.05) is 18.5 Å². The number of aryl methyl sites for hydroxylation is 3. The Morgan fingerprint density at radius 3 is 2.30 bits per heavy atom. The molecule has 2 aromatic rings. The van der Waals surface area contributed by atoms with Gasteiger partial charge in [-0.3, -0.25) is 0 Å². The molecule has 0 saturated carbocycles. The van der Waals surface area contributed by atoms with Gasteiger partial charge in [-0.1, -0.05) is 17.7 Å². The number of hydrogen-bond donors (Lipinski definition) is 1. The average Bonchev–Trinajstić information content (AvgIpc) is 2.75. The standard InChI is InChI=1S/C16H24N4/c1-10(2)20-15(18-9-19-20)8-14(17)16-12(4)6-11(3)7-13(16)5/h6-7,9-10,14H,8,17H2,1-5H3. The summed E-state index contributed by atoms with van der Waals surface area (Å²) < 4.78 is 1.94.